The van der Waals surface area contributed by atoms with Crippen molar-refractivity contribution < 1.29 is 19.4 Å². The molecule has 0 radical (unpaired) electrons. The molecule has 0 saturated carbocycles. The lowest BCUT2D eigenvalue weighted by Gasteiger charge is -2.34. The summed E-state index contributed by atoms with van der Waals surface area (Å²) in [5.74, 6) is -0.714. The lowest BCUT2D eigenvalue weighted by molar-refractivity contribution is -0.134. The number of carbonyl (C=O) groups is 2. The summed E-state index contributed by atoms with van der Waals surface area (Å²) in [5, 5.41) is 9.98. The van der Waals surface area contributed by atoms with Crippen LogP contribution in [0.2, 0.25) is 5.02 Å². The second-order valence-electron chi connectivity index (χ2n) is 5.65. The standard InChI is InChI=1S/C17H17ClN4O4/c18-12-2-3-14(23)13(10-12)16(25)26-11-15(24)21-6-8-22(9-7-21)17-19-4-1-5-20-17/h1-5,10,23H,6-9,11H2. The Kier molecular flexibility index (Phi) is 5.52. The molecule has 26 heavy (non-hydrogen) atoms. The van der Waals surface area contributed by atoms with Gasteiger partial charge in [0.1, 0.15) is 11.3 Å². The second kappa shape index (κ2) is 8.01. The zero-order chi connectivity index (χ0) is 18.5. The van der Waals surface area contributed by atoms with Gasteiger partial charge < -0.3 is 19.6 Å². The van der Waals surface area contributed by atoms with Crippen LogP contribution >= 0.6 is 11.6 Å². The Labute approximate surface area is 155 Å². The molecular weight excluding hydrogens is 360 g/mol. The Morgan fingerprint density at radius 1 is 1.15 bits per heavy atom. The van der Waals surface area contributed by atoms with Crippen molar-refractivity contribution in [2.24, 2.45) is 0 Å². The zero-order valence-electron chi connectivity index (χ0n) is 13.8. The van der Waals surface area contributed by atoms with Gasteiger partial charge in [0.05, 0.1) is 0 Å². The average Bonchev–Trinajstić information content (AvgIpc) is 2.68. The highest BCUT2D eigenvalue weighted by molar-refractivity contribution is 6.31. The van der Waals surface area contributed by atoms with Crippen LogP contribution < -0.4 is 4.90 Å². The Hall–Kier alpha value is -2.87. The van der Waals surface area contributed by atoms with Gasteiger partial charge in [-0.2, -0.15) is 0 Å². The molecule has 8 nitrogen and oxygen atoms in total. The van der Waals surface area contributed by atoms with Crippen LogP contribution in [-0.2, 0) is 9.53 Å². The molecule has 1 amide bonds. The molecular formula is C17H17ClN4O4. The van der Waals surface area contributed by atoms with Crippen molar-refractivity contribution in [1.82, 2.24) is 14.9 Å². The number of phenolic OH excluding ortho intramolecular Hbond substituents is 1. The van der Waals surface area contributed by atoms with Crippen LogP contribution in [0.3, 0.4) is 0 Å². The molecule has 2 heterocycles. The molecule has 136 valence electrons. The number of esters is 1. The largest absolute Gasteiger partial charge is 0.507 e. The summed E-state index contributed by atoms with van der Waals surface area (Å²) < 4.78 is 5.00. The molecule has 1 aromatic heterocycles. The first-order valence-corrected chi connectivity index (χ1v) is 8.38. The lowest BCUT2D eigenvalue weighted by Crippen LogP contribution is -2.50. The molecule has 0 aliphatic carbocycles. The third-order valence-corrected chi connectivity index (χ3v) is 4.21. The predicted molar refractivity (Wildman–Crippen MR) is 94.2 cm³/mol. The molecule has 0 atom stereocenters. The summed E-state index contributed by atoms with van der Waals surface area (Å²) >= 11 is 5.80. The number of nitrogens with zero attached hydrogens (tertiary/aromatic N) is 4. The topological polar surface area (TPSA) is 95.9 Å². The predicted octanol–water partition coefficient (Wildman–Crippen LogP) is 1.34. The summed E-state index contributed by atoms with van der Waals surface area (Å²) in [6.45, 7) is 1.76. The highest BCUT2D eigenvalue weighted by Gasteiger charge is 2.24. The number of halogens is 1. The molecule has 0 spiro atoms. The summed E-state index contributed by atoms with van der Waals surface area (Å²) in [7, 11) is 0. The van der Waals surface area contributed by atoms with Gasteiger partial charge in [-0.3, -0.25) is 4.79 Å². The van der Waals surface area contributed by atoms with Crippen molar-refractivity contribution in [2.75, 3.05) is 37.7 Å². The van der Waals surface area contributed by atoms with E-state index < -0.39 is 12.6 Å². The number of rotatable bonds is 4. The first kappa shape index (κ1) is 17.9. The maximum Gasteiger partial charge on any atom is 0.342 e. The van der Waals surface area contributed by atoms with Gasteiger partial charge in [-0.25, -0.2) is 14.8 Å². The van der Waals surface area contributed by atoms with E-state index in [9.17, 15) is 14.7 Å². The number of aromatic nitrogens is 2. The quantitative estimate of drug-likeness (QED) is 0.804. The normalized spacial score (nSPS) is 14.2. The summed E-state index contributed by atoms with van der Waals surface area (Å²) in [6.07, 6.45) is 3.34. The van der Waals surface area contributed by atoms with E-state index in [0.717, 1.165) is 0 Å². The fourth-order valence-corrected chi connectivity index (χ4v) is 2.75. The number of benzene rings is 1. The summed E-state index contributed by atoms with van der Waals surface area (Å²) in [4.78, 5) is 36.2. The molecule has 1 N–H and O–H groups in total. The van der Waals surface area contributed by atoms with Crippen molar-refractivity contribution in [2.45, 2.75) is 0 Å². The Balaban J connectivity index is 1.50. The third-order valence-electron chi connectivity index (χ3n) is 3.97. The van der Waals surface area contributed by atoms with Gasteiger partial charge >= 0.3 is 5.97 Å². The molecule has 0 unspecified atom stereocenters. The van der Waals surface area contributed by atoms with Gasteiger partial charge in [-0.15, -0.1) is 0 Å². The molecule has 9 heteroatoms. The number of anilines is 1. The Morgan fingerprint density at radius 2 is 1.85 bits per heavy atom. The van der Waals surface area contributed by atoms with Crippen molar-refractivity contribution in [1.29, 1.82) is 0 Å². The van der Waals surface area contributed by atoms with E-state index >= 15 is 0 Å². The number of hydrogen-bond donors (Lipinski definition) is 1. The molecule has 1 fully saturated rings. The minimum atomic E-state index is -0.797. The molecule has 1 aromatic carbocycles. The minimum absolute atomic E-state index is 0.0728. The third kappa shape index (κ3) is 4.20. The van der Waals surface area contributed by atoms with E-state index in [2.05, 4.69) is 9.97 Å². The summed E-state index contributed by atoms with van der Waals surface area (Å²) in [6, 6.07) is 5.79. The van der Waals surface area contributed by atoms with E-state index in [1.165, 1.54) is 18.2 Å². The number of piperazine rings is 1. The van der Waals surface area contributed by atoms with Gasteiger partial charge in [0.2, 0.25) is 5.95 Å². The first-order chi connectivity index (χ1) is 12.5. The van der Waals surface area contributed by atoms with E-state index in [1.54, 1.807) is 23.4 Å². The summed E-state index contributed by atoms with van der Waals surface area (Å²) in [5.41, 5.74) is -0.0728. The van der Waals surface area contributed by atoms with Crippen molar-refractivity contribution in [3.8, 4) is 5.75 Å². The zero-order valence-corrected chi connectivity index (χ0v) is 14.6. The second-order valence-corrected chi connectivity index (χ2v) is 6.09. The van der Waals surface area contributed by atoms with Crippen LogP contribution in [0.4, 0.5) is 5.95 Å². The van der Waals surface area contributed by atoms with Crippen molar-refractivity contribution in [3.05, 3.63) is 47.2 Å². The SMILES string of the molecule is O=C(OCC(=O)N1CCN(c2ncccn2)CC1)c1cc(Cl)ccc1O. The van der Waals surface area contributed by atoms with Crippen LogP contribution in [-0.4, -0.2) is 64.6 Å². The van der Waals surface area contributed by atoms with E-state index in [-0.39, 0.29) is 17.2 Å². The fourth-order valence-electron chi connectivity index (χ4n) is 2.58. The average molecular weight is 377 g/mol. The van der Waals surface area contributed by atoms with Crippen molar-refractivity contribution >= 4 is 29.4 Å². The van der Waals surface area contributed by atoms with Gasteiger partial charge in [-0.05, 0) is 24.3 Å². The molecule has 1 aliphatic rings. The van der Waals surface area contributed by atoms with Crippen LogP contribution in [0.1, 0.15) is 10.4 Å². The Bertz CT molecular complexity index is 795. The van der Waals surface area contributed by atoms with Crippen LogP contribution in [0, 0.1) is 0 Å². The van der Waals surface area contributed by atoms with Gasteiger partial charge in [0, 0.05) is 43.6 Å². The highest BCUT2D eigenvalue weighted by Crippen LogP contribution is 2.22. The first-order valence-electron chi connectivity index (χ1n) is 8.00. The van der Waals surface area contributed by atoms with E-state index in [1.807, 2.05) is 4.90 Å². The number of amides is 1. The van der Waals surface area contributed by atoms with Gasteiger partial charge in [0.15, 0.2) is 6.61 Å². The highest BCUT2D eigenvalue weighted by atomic mass is 35.5. The van der Waals surface area contributed by atoms with Crippen LogP contribution in [0.15, 0.2) is 36.7 Å². The van der Waals surface area contributed by atoms with Crippen molar-refractivity contribution in [3.63, 3.8) is 0 Å². The lowest BCUT2D eigenvalue weighted by atomic mass is 10.2. The maximum atomic E-state index is 12.2. The maximum absolute atomic E-state index is 12.2. The molecule has 1 aliphatic heterocycles. The molecule has 1 saturated heterocycles. The minimum Gasteiger partial charge on any atom is -0.507 e. The van der Waals surface area contributed by atoms with Crippen LogP contribution in [0.5, 0.6) is 5.75 Å². The number of aromatic hydroxyl groups is 1. The van der Waals surface area contributed by atoms with Gasteiger partial charge in [-0.1, -0.05) is 11.6 Å². The molecule has 2 aromatic rings. The Morgan fingerprint density at radius 3 is 2.54 bits per heavy atom. The van der Waals surface area contributed by atoms with E-state index in [0.29, 0.717) is 37.1 Å². The fraction of sp³-hybridized carbons (Fsp3) is 0.294. The van der Waals surface area contributed by atoms with Gasteiger partial charge in [0.25, 0.3) is 5.91 Å². The smallest absolute Gasteiger partial charge is 0.342 e. The number of carbonyl (C=O) groups excluding carboxylic acids is 2. The van der Waals surface area contributed by atoms with Crippen LogP contribution in [0.25, 0.3) is 0 Å². The molecule has 0 bridgehead atoms. The number of hydrogen-bond acceptors (Lipinski definition) is 7. The molecule has 3 rings (SSSR count). The monoisotopic (exact) mass is 376 g/mol. The van der Waals surface area contributed by atoms with E-state index in [4.69, 9.17) is 16.3 Å². The number of ether oxygens (including phenoxy) is 1. The number of phenols is 1.